The van der Waals surface area contributed by atoms with Crippen molar-refractivity contribution in [2.45, 2.75) is 19.9 Å². The van der Waals surface area contributed by atoms with Crippen molar-refractivity contribution < 1.29 is 4.79 Å². The molecule has 0 aliphatic heterocycles. The number of amides is 1. The fraction of sp³-hybridized carbons (Fsp3) is 0.364. The third kappa shape index (κ3) is 3.99. The molecular weight excluding hydrogens is 236 g/mol. The highest BCUT2D eigenvalue weighted by Gasteiger charge is 2.12. The molecule has 1 aromatic heterocycles. The SMILES string of the molecule is CCNC(=O)C(C)Nc1cccc(C(N)=S)n1. The Bertz CT molecular complexity index is 422. The Kier molecular flexibility index (Phi) is 4.84. The van der Waals surface area contributed by atoms with E-state index in [9.17, 15) is 4.79 Å². The van der Waals surface area contributed by atoms with Crippen LogP contribution in [-0.2, 0) is 4.79 Å². The van der Waals surface area contributed by atoms with E-state index in [1.54, 1.807) is 25.1 Å². The topological polar surface area (TPSA) is 80.0 Å². The Morgan fingerprint density at radius 2 is 2.29 bits per heavy atom. The van der Waals surface area contributed by atoms with Crippen molar-refractivity contribution in [1.29, 1.82) is 0 Å². The van der Waals surface area contributed by atoms with Gasteiger partial charge in [-0.2, -0.15) is 0 Å². The minimum atomic E-state index is -0.357. The molecule has 92 valence electrons. The van der Waals surface area contributed by atoms with Crippen molar-refractivity contribution in [2.24, 2.45) is 5.73 Å². The maximum Gasteiger partial charge on any atom is 0.242 e. The van der Waals surface area contributed by atoms with Gasteiger partial charge in [-0.05, 0) is 26.0 Å². The van der Waals surface area contributed by atoms with Gasteiger partial charge >= 0.3 is 0 Å². The first-order chi connectivity index (χ1) is 8.04. The fourth-order valence-electron chi connectivity index (χ4n) is 1.27. The van der Waals surface area contributed by atoms with Gasteiger partial charge in [-0.3, -0.25) is 4.79 Å². The van der Waals surface area contributed by atoms with Gasteiger partial charge in [0.25, 0.3) is 0 Å². The first-order valence-electron chi connectivity index (χ1n) is 5.35. The number of rotatable bonds is 5. The third-order valence-electron chi connectivity index (χ3n) is 2.11. The standard InChI is InChI=1S/C11H16N4OS/c1-3-13-11(16)7(2)14-9-6-4-5-8(15-9)10(12)17/h4-7H,3H2,1-2H3,(H2,12,17)(H,13,16)(H,14,15). The van der Waals surface area contributed by atoms with Crippen LogP contribution in [0.5, 0.6) is 0 Å². The number of nitrogens with two attached hydrogens (primary N) is 1. The highest BCUT2D eigenvalue weighted by Crippen LogP contribution is 2.06. The molecule has 4 N–H and O–H groups in total. The van der Waals surface area contributed by atoms with Gasteiger partial charge in [0, 0.05) is 6.54 Å². The van der Waals surface area contributed by atoms with Crippen LogP contribution in [0.15, 0.2) is 18.2 Å². The maximum atomic E-state index is 11.5. The zero-order valence-corrected chi connectivity index (χ0v) is 10.7. The van der Waals surface area contributed by atoms with E-state index in [2.05, 4.69) is 15.6 Å². The van der Waals surface area contributed by atoms with Crippen LogP contribution in [0, 0.1) is 0 Å². The summed E-state index contributed by atoms with van der Waals surface area (Å²) in [5.74, 6) is 0.504. The lowest BCUT2D eigenvalue weighted by molar-refractivity contribution is -0.121. The molecule has 1 unspecified atom stereocenters. The lowest BCUT2D eigenvalue weighted by Crippen LogP contribution is -2.37. The summed E-state index contributed by atoms with van der Waals surface area (Å²) in [5.41, 5.74) is 6.02. The fourth-order valence-corrected chi connectivity index (χ4v) is 1.38. The van der Waals surface area contributed by atoms with Crippen LogP contribution in [0.1, 0.15) is 19.5 Å². The van der Waals surface area contributed by atoms with Gasteiger partial charge in [0.05, 0.1) is 5.69 Å². The van der Waals surface area contributed by atoms with Crippen LogP contribution >= 0.6 is 12.2 Å². The van der Waals surface area contributed by atoms with E-state index in [0.717, 1.165) is 0 Å². The first kappa shape index (κ1) is 13.4. The van der Waals surface area contributed by atoms with Gasteiger partial charge in [0.15, 0.2) is 0 Å². The minimum Gasteiger partial charge on any atom is -0.388 e. The number of nitrogens with one attached hydrogen (secondary N) is 2. The lowest BCUT2D eigenvalue weighted by Gasteiger charge is -2.14. The molecule has 0 aliphatic carbocycles. The van der Waals surface area contributed by atoms with E-state index in [1.165, 1.54) is 0 Å². The number of aromatic nitrogens is 1. The van der Waals surface area contributed by atoms with Crippen molar-refractivity contribution in [1.82, 2.24) is 10.3 Å². The molecule has 1 heterocycles. The predicted molar refractivity (Wildman–Crippen MR) is 71.9 cm³/mol. The molecule has 0 spiro atoms. The third-order valence-corrected chi connectivity index (χ3v) is 2.32. The van der Waals surface area contributed by atoms with E-state index in [1.807, 2.05) is 6.92 Å². The largest absolute Gasteiger partial charge is 0.388 e. The van der Waals surface area contributed by atoms with Gasteiger partial charge < -0.3 is 16.4 Å². The van der Waals surface area contributed by atoms with E-state index in [4.69, 9.17) is 18.0 Å². The number of hydrogen-bond acceptors (Lipinski definition) is 4. The summed E-state index contributed by atoms with van der Waals surface area (Å²) in [6.07, 6.45) is 0. The Morgan fingerprint density at radius 3 is 2.88 bits per heavy atom. The number of carbonyl (C=O) groups is 1. The number of hydrogen-bond donors (Lipinski definition) is 3. The van der Waals surface area contributed by atoms with Crippen molar-refractivity contribution in [3.05, 3.63) is 23.9 Å². The number of thiocarbonyl (C=S) groups is 1. The Morgan fingerprint density at radius 1 is 1.59 bits per heavy atom. The first-order valence-corrected chi connectivity index (χ1v) is 5.76. The summed E-state index contributed by atoms with van der Waals surface area (Å²) in [5, 5.41) is 5.71. The number of pyridine rings is 1. The maximum absolute atomic E-state index is 11.5. The molecule has 0 aromatic carbocycles. The highest BCUT2D eigenvalue weighted by atomic mass is 32.1. The molecular formula is C11H16N4OS. The molecule has 1 rings (SSSR count). The van der Waals surface area contributed by atoms with Crippen LogP contribution in [0.3, 0.4) is 0 Å². The molecule has 0 fully saturated rings. The van der Waals surface area contributed by atoms with Crippen LogP contribution in [0.4, 0.5) is 5.82 Å². The van der Waals surface area contributed by atoms with E-state index in [0.29, 0.717) is 18.1 Å². The van der Waals surface area contributed by atoms with Crippen LogP contribution in [0.25, 0.3) is 0 Å². The predicted octanol–water partition coefficient (Wildman–Crippen LogP) is 0.652. The van der Waals surface area contributed by atoms with Crippen LogP contribution < -0.4 is 16.4 Å². The lowest BCUT2D eigenvalue weighted by atomic mass is 10.3. The summed E-state index contributed by atoms with van der Waals surface area (Å²) >= 11 is 4.84. The number of likely N-dealkylation sites (N-methyl/N-ethyl adjacent to an activating group) is 1. The molecule has 1 amide bonds. The second-order valence-electron chi connectivity index (χ2n) is 3.53. The second-order valence-corrected chi connectivity index (χ2v) is 3.97. The van der Waals surface area contributed by atoms with Gasteiger partial charge in [-0.15, -0.1) is 0 Å². The van der Waals surface area contributed by atoms with Crippen LogP contribution in [-0.4, -0.2) is 28.5 Å². The van der Waals surface area contributed by atoms with E-state index < -0.39 is 0 Å². The normalized spacial score (nSPS) is 11.6. The molecule has 0 saturated carbocycles. The molecule has 1 atom stereocenters. The molecule has 17 heavy (non-hydrogen) atoms. The number of carbonyl (C=O) groups excluding carboxylic acids is 1. The molecule has 0 saturated heterocycles. The molecule has 6 heteroatoms. The van der Waals surface area contributed by atoms with Gasteiger partial charge in [-0.25, -0.2) is 4.98 Å². The van der Waals surface area contributed by atoms with Crippen molar-refractivity contribution >= 4 is 28.9 Å². The highest BCUT2D eigenvalue weighted by molar-refractivity contribution is 7.80. The van der Waals surface area contributed by atoms with Crippen molar-refractivity contribution in [3.8, 4) is 0 Å². The molecule has 5 nitrogen and oxygen atoms in total. The molecule has 0 bridgehead atoms. The zero-order chi connectivity index (χ0) is 12.8. The van der Waals surface area contributed by atoms with E-state index in [-0.39, 0.29) is 16.9 Å². The molecule has 1 aromatic rings. The molecule has 0 radical (unpaired) electrons. The number of nitrogens with zero attached hydrogens (tertiary/aromatic N) is 1. The monoisotopic (exact) mass is 252 g/mol. The van der Waals surface area contributed by atoms with Gasteiger partial charge in [0.2, 0.25) is 5.91 Å². The minimum absolute atomic E-state index is 0.0740. The summed E-state index contributed by atoms with van der Waals surface area (Å²) in [7, 11) is 0. The summed E-state index contributed by atoms with van der Waals surface area (Å²) in [6, 6.07) is 4.92. The van der Waals surface area contributed by atoms with Crippen molar-refractivity contribution in [3.63, 3.8) is 0 Å². The second kappa shape index (κ2) is 6.15. The average molecular weight is 252 g/mol. The quantitative estimate of drug-likeness (QED) is 0.671. The summed E-state index contributed by atoms with van der Waals surface area (Å²) < 4.78 is 0. The van der Waals surface area contributed by atoms with E-state index >= 15 is 0 Å². The van der Waals surface area contributed by atoms with Gasteiger partial charge in [0.1, 0.15) is 16.8 Å². The Labute approximate surface area is 106 Å². The molecule has 0 aliphatic rings. The zero-order valence-electron chi connectivity index (χ0n) is 9.86. The number of anilines is 1. The Hall–Kier alpha value is -1.69. The summed E-state index contributed by atoms with van der Waals surface area (Å²) in [4.78, 5) is 15.9. The van der Waals surface area contributed by atoms with Crippen LogP contribution in [0.2, 0.25) is 0 Å². The summed E-state index contributed by atoms with van der Waals surface area (Å²) in [6.45, 7) is 4.24. The van der Waals surface area contributed by atoms with Gasteiger partial charge in [-0.1, -0.05) is 18.3 Å². The van der Waals surface area contributed by atoms with Crippen molar-refractivity contribution in [2.75, 3.05) is 11.9 Å². The smallest absolute Gasteiger partial charge is 0.242 e. The average Bonchev–Trinajstić information content (AvgIpc) is 2.29. The Balaban J connectivity index is 2.71.